The Morgan fingerprint density at radius 2 is 2.00 bits per heavy atom. The van der Waals surface area contributed by atoms with Crippen LogP contribution in [0.2, 0.25) is 0 Å². The number of rotatable bonds is 4. The molecule has 1 fully saturated rings. The number of aliphatic hydroxyl groups is 1. The van der Waals surface area contributed by atoms with Crippen LogP contribution in [0.15, 0.2) is 0 Å². The molecule has 0 spiro atoms. The average molecular weight is 228 g/mol. The Labute approximate surface area is 97.8 Å². The van der Waals surface area contributed by atoms with Gasteiger partial charge in [0, 0.05) is 6.04 Å². The van der Waals surface area contributed by atoms with Gasteiger partial charge in [-0.1, -0.05) is 13.3 Å². The maximum Gasteiger partial charge on any atom is 0.315 e. The molecule has 0 aromatic carbocycles. The maximum atomic E-state index is 11.5. The van der Waals surface area contributed by atoms with Crippen molar-refractivity contribution in [1.82, 2.24) is 10.6 Å². The van der Waals surface area contributed by atoms with Gasteiger partial charge in [0.15, 0.2) is 0 Å². The van der Waals surface area contributed by atoms with Crippen LogP contribution in [0.25, 0.3) is 0 Å². The smallest absolute Gasteiger partial charge is 0.315 e. The third-order valence-electron chi connectivity index (χ3n) is 3.41. The molecule has 0 saturated heterocycles. The number of nitrogens with one attached hydrogen (secondary N) is 2. The molecule has 1 unspecified atom stereocenters. The van der Waals surface area contributed by atoms with Gasteiger partial charge in [0.2, 0.25) is 0 Å². The number of carbonyl (C=O) groups excluding carboxylic acids is 1. The first-order valence-corrected chi connectivity index (χ1v) is 6.33. The first-order chi connectivity index (χ1) is 7.65. The predicted molar refractivity (Wildman–Crippen MR) is 64.3 cm³/mol. The Balaban J connectivity index is 2.20. The lowest BCUT2D eigenvalue weighted by atomic mass is 9.85. The van der Waals surface area contributed by atoms with Crippen molar-refractivity contribution in [2.75, 3.05) is 6.61 Å². The van der Waals surface area contributed by atoms with Gasteiger partial charge in [-0.25, -0.2) is 4.79 Å². The Bertz CT molecular complexity index is 213. The van der Waals surface area contributed by atoms with Crippen molar-refractivity contribution >= 4 is 6.03 Å². The van der Waals surface area contributed by atoms with E-state index in [2.05, 4.69) is 17.6 Å². The number of hydrogen-bond acceptors (Lipinski definition) is 2. The van der Waals surface area contributed by atoms with Gasteiger partial charge in [-0.3, -0.25) is 0 Å². The normalized spacial score (nSPS) is 27.2. The first-order valence-electron chi connectivity index (χ1n) is 6.33. The zero-order valence-corrected chi connectivity index (χ0v) is 10.3. The van der Waals surface area contributed by atoms with Crippen LogP contribution >= 0.6 is 0 Å². The van der Waals surface area contributed by atoms with E-state index < -0.39 is 0 Å². The van der Waals surface area contributed by atoms with Crippen LogP contribution < -0.4 is 10.6 Å². The summed E-state index contributed by atoms with van der Waals surface area (Å²) in [5, 5.41) is 14.5. The predicted octanol–water partition coefficient (Wildman–Crippen LogP) is 1.64. The van der Waals surface area contributed by atoms with E-state index in [1.807, 2.05) is 0 Å². The standard InChI is InChI=1S/C12H24N2O2/c1-3-10-4-6-11(7-5-10)14-12(16)13-9(2)8-15/h9-11,15H,3-8H2,1-2H3,(H2,13,14,16). The SMILES string of the molecule is CCC1CCC(NC(=O)NC(C)CO)CC1. The summed E-state index contributed by atoms with van der Waals surface area (Å²) in [6, 6.07) is -0.0119. The van der Waals surface area contributed by atoms with Gasteiger partial charge in [-0.15, -0.1) is 0 Å². The quantitative estimate of drug-likeness (QED) is 0.685. The topological polar surface area (TPSA) is 61.4 Å². The third-order valence-corrected chi connectivity index (χ3v) is 3.41. The average Bonchev–Trinajstić information content (AvgIpc) is 2.29. The van der Waals surface area contributed by atoms with Crippen LogP contribution in [0.1, 0.15) is 46.0 Å². The van der Waals surface area contributed by atoms with Crippen LogP contribution in [-0.4, -0.2) is 29.8 Å². The van der Waals surface area contributed by atoms with Crippen molar-refractivity contribution in [2.24, 2.45) is 5.92 Å². The molecular formula is C12H24N2O2. The van der Waals surface area contributed by atoms with Crippen molar-refractivity contribution in [3.8, 4) is 0 Å². The minimum Gasteiger partial charge on any atom is -0.394 e. The summed E-state index contributed by atoms with van der Waals surface area (Å²) < 4.78 is 0. The number of aliphatic hydroxyl groups excluding tert-OH is 1. The molecule has 1 atom stereocenters. The summed E-state index contributed by atoms with van der Waals surface area (Å²) in [4.78, 5) is 11.5. The number of carbonyl (C=O) groups is 1. The summed E-state index contributed by atoms with van der Waals surface area (Å²) in [5.41, 5.74) is 0. The van der Waals surface area contributed by atoms with Crippen molar-refractivity contribution in [3.63, 3.8) is 0 Å². The zero-order chi connectivity index (χ0) is 12.0. The maximum absolute atomic E-state index is 11.5. The summed E-state index contributed by atoms with van der Waals surface area (Å²) in [6.45, 7) is 4.00. The van der Waals surface area contributed by atoms with Crippen molar-refractivity contribution in [3.05, 3.63) is 0 Å². The van der Waals surface area contributed by atoms with Gasteiger partial charge in [0.25, 0.3) is 0 Å². The molecule has 0 bridgehead atoms. The highest BCUT2D eigenvalue weighted by Gasteiger charge is 2.21. The van der Waals surface area contributed by atoms with E-state index in [-0.39, 0.29) is 18.7 Å². The van der Waals surface area contributed by atoms with Crippen molar-refractivity contribution in [2.45, 2.75) is 58.0 Å². The molecule has 0 radical (unpaired) electrons. The number of hydrogen-bond donors (Lipinski definition) is 3. The van der Waals surface area contributed by atoms with E-state index in [1.165, 1.54) is 19.3 Å². The zero-order valence-electron chi connectivity index (χ0n) is 10.3. The molecule has 1 saturated carbocycles. The Hall–Kier alpha value is -0.770. The molecule has 1 aliphatic rings. The summed E-state index contributed by atoms with van der Waals surface area (Å²) in [5.74, 6) is 0.845. The number of urea groups is 1. The number of amides is 2. The van der Waals surface area contributed by atoms with E-state index >= 15 is 0 Å². The monoisotopic (exact) mass is 228 g/mol. The lowest BCUT2D eigenvalue weighted by molar-refractivity contribution is 0.210. The van der Waals surface area contributed by atoms with E-state index in [0.29, 0.717) is 6.04 Å². The van der Waals surface area contributed by atoms with Gasteiger partial charge in [-0.2, -0.15) is 0 Å². The summed E-state index contributed by atoms with van der Waals surface area (Å²) >= 11 is 0. The van der Waals surface area contributed by atoms with Crippen LogP contribution in [0, 0.1) is 5.92 Å². The lowest BCUT2D eigenvalue weighted by Gasteiger charge is -2.28. The van der Waals surface area contributed by atoms with E-state index in [4.69, 9.17) is 5.11 Å². The molecule has 4 nitrogen and oxygen atoms in total. The molecule has 1 aliphatic carbocycles. The molecular weight excluding hydrogens is 204 g/mol. The highest BCUT2D eigenvalue weighted by molar-refractivity contribution is 5.74. The van der Waals surface area contributed by atoms with Crippen LogP contribution in [-0.2, 0) is 0 Å². The molecule has 0 heterocycles. The van der Waals surface area contributed by atoms with Crippen LogP contribution in [0.5, 0.6) is 0 Å². The molecule has 0 aromatic rings. The Kier molecular flexibility index (Phi) is 5.60. The molecule has 4 heteroatoms. The van der Waals surface area contributed by atoms with Gasteiger partial charge >= 0.3 is 6.03 Å². The minimum absolute atomic E-state index is 0.0179. The molecule has 1 rings (SSSR count). The summed E-state index contributed by atoms with van der Waals surface area (Å²) in [6.07, 6.45) is 5.85. The largest absolute Gasteiger partial charge is 0.394 e. The van der Waals surface area contributed by atoms with E-state index in [0.717, 1.165) is 18.8 Å². The second-order valence-electron chi connectivity index (χ2n) is 4.83. The molecule has 3 N–H and O–H groups in total. The highest BCUT2D eigenvalue weighted by Crippen LogP contribution is 2.26. The molecule has 16 heavy (non-hydrogen) atoms. The summed E-state index contributed by atoms with van der Waals surface area (Å²) in [7, 11) is 0. The fourth-order valence-corrected chi connectivity index (χ4v) is 2.21. The Morgan fingerprint density at radius 1 is 1.38 bits per heavy atom. The molecule has 94 valence electrons. The lowest BCUT2D eigenvalue weighted by Crippen LogP contribution is -2.47. The Morgan fingerprint density at radius 3 is 2.50 bits per heavy atom. The highest BCUT2D eigenvalue weighted by atomic mass is 16.3. The van der Waals surface area contributed by atoms with Gasteiger partial charge in [-0.05, 0) is 38.5 Å². The molecule has 2 amide bonds. The van der Waals surface area contributed by atoms with Crippen LogP contribution in [0.4, 0.5) is 4.79 Å². The fraction of sp³-hybridized carbons (Fsp3) is 0.917. The second kappa shape index (κ2) is 6.74. The molecule has 0 aromatic heterocycles. The van der Waals surface area contributed by atoms with Crippen LogP contribution in [0.3, 0.4) is 0 Å². The third kappa shape index (κ3) is 4.39. The molecule has 0 aliphatic heterocycles. The van der Waals surface area contributed by atoms with E-state index in [9.17, 15) is 4.79 Å². The fourth-order valence-electron chi connectivity index (χ4n) is 2.21. The minimum atomic E-state index is -0.174. The second-order valence-corrected chi connectivity index (χ2v) is 4.83. The van der Waals surface area contributed by atoms with Crippen molar-refractivity contribution < 1.29 is 9.90 Å². The van der Waals surface area contributed by atoms with Gasteiger partial charge < -0.3 is 15.7 Å². The van der Waals surface area contributed by atoms with Gasteiger partial charge in [0.05, 0.1) is 12.6 Å². The van der Waals surface area contributed by atoms with E-state index in [1.54, 1.807) is 6.92 Å². The van der Waals surface area contributed by atoms with Crippen molar-refractivity contribution in [1.29, 1.82) is 0 Å². The van der Waals surface area contributed by atoms with Gasteiger partial charge in [0.1, 0.15) is 0 Å². The first kappa shape index (κ1) is 13.3.